The van der Waals surface area contributed by atoms with E-state index in [0.717, 1.165) is 18.7 Å². The third-order valence-corrected chi connectivity index (χ3v) is 4.18. The molecule has 3 N–H and O–H groups in total. The van der Waals surface area contributed by atoms with Crippen molar-refractivity contribution in [2.75, 3.05) is 26.2 Å². The van der Waals surface area contributed by atoms with E-state index in [9.17, 15) is 4.79 Å². The fraction of sp³-hybridized carbons (Fsp3) is 0.333. The number of nitrogens with one attached hydrogen (secondary N) is 3. The van der Waals surface area contributed by atoms with E-state index in [-0.39, 0.29) is 5.91 Å². The Labute approximate surface area is 163 Å². The van der Waals surface area contributed by atoms with Crippen LogP contribution in [0.1, 0.15) is 23.0 Å². The van der Waals surface area contributed by atoms with Gasteiger partial charge in [0.15, 0.2) is 5.96 Å². The Balaban J connectivity index is 1.74. The second-order valence-corrected chi connectivity index (χ2v) is 6.22. The van der Waals surface area contributed by atoms with Gasteiger partial charge in [-0.05, 0) is 37.3 Å². The largest absolute Gasteiger partial charge is 0.469 e. The van der Waals surface area contributed by atoms with Crippen LogP contribution in [0.4, 0.5) is 0 Å². The molecule has 140 valence electrons. The molecule has 2 aromatic rings. The normalized spacial score (nSPS) is 11.3. The number of furan rings is 1. The summed E-state index contributed by atoms with van der Waals surface area (Å²) in [5, 5.41) is 9.93. The van der Waals surface area contributed by atoms with E-state index in [4.69, 9.17) is 27.6 Å². The highest BCUT2D eigenvalue weighted by Gasteiger charge is 2.07. The zero-order valence-electron chi connectivity index (χ0n) is 14.5. The van der Waals surface area contributed by atoms with Gasteiger partial charge in [0.05, 0.1) is 16.3 Å². The monoisotopic (exact) mass is 396 g/mol. The molecule has 26 heavy (non-hydrogen) atoms. The molecule has 0 aliphatic carbocycles. The third-order valence-electron chi connectivity index (χ3n) is 3.44. The molecule has 6 nitrogen and oxygen atoms in total. The van der Waals surface area contributed by atoms with Gasteiger partial charge in [0.25, 0.3) is 5.91 Å². The molecule has 0 saturated carbocycles. The number of hydrogen-bond acceptors (Lipinski definition) is 3. The highest BCUT2D eigenvalue weighted by Crippen LogP contribution is 2.22. The molecule has 0 atom stereocenters. The standard InChI is InChI=1S/C18H22Cl2N4O2/c1-2-21-18(23-8-7-14-4-3-11-26-14)24-10-9-22-17(25)13-5-6-15(19)16(20)12-13/h3-6,11-12H,2,7-10H2,1H3,(H,22,25)(H2,21,23,24). The lowest BCUT2D eigenvalue weighted by molar-refractivity contribution is 0.0954. The Bertz CT molecular complexity index is 733. The SMILES string of the molecule is CCNC(=NCCc1ccco1)NCCNC(=O)c1ccc(Cl)c(Cl)c1. The summed E-state index contributed by atoms with van der Waals surface area (Å²) in [4.78, 5) is 16.6. The van der Waals surface area contributed by atoms with E-state index in [1.54, 1.807) is 24.5 Å². The first-order chi connectivity index (χ1) is 12.6. The molecular formula is C18H22Cl2N4O2. The number of aliphatic imine (C=N–C) groups is 1. The van der Waals surface area contributed by atoms with Gasteiger partial charge >= 0.3 is 0 Å². The van der Waals surface area contributed by atoms with Crippen molar-refractivity contribution in [2.24, 2.45) is 4.99 Å². The Hall–Kier alpha value is -2.18. The number of amides is 1. The van der Waals surface area contributed by atoms with Crippen molar-refractivity contribution in [3.63, 3.8) is 0 Å². The van der Waals surface area contributed by atoms with E-state index in [1.807, 2.05) is 19.1 Å². The summed E-state index contributed by atoms with van der Waals surface area (Å²) < 4.78 is 5.28. The molecule has 0 unspecified atom stereocenters. The number of carbonyl (C=O) groups is 1. The smallest absolute Gasteiger partial charge is 0.251 e. The van der Waals surface area contributed by atoms with Crippen LogP contribution in [0.3, 0.4) is 0 Å². The molecule has 0 aliphatic rings. The Morgan fingerprint density at radius 3 is 2.62 bits per heavy atom. The zero-order valence-corrected chi connectivity index (χ0v) is 16.0. The topological polar surface area (TPSA) is 78.7 Å². The fourth-order valence-corrected chi connectivity index (χ4v) is 2.47. The summed E-state index contributed by atoms with van der Waals surface area (Å²) in [5.41, 5.74) is 0.471. The van der Waals surface area contributed by atoms with Crippen LogP contribution in [0.5, 0.6) is 0 Å². The molecule has 0 bridgehead atoms. The molecule has 0 spiro atoms. The van der Waals surface area contributed by atoms with Crippen LogP contribution in [0.2, 0.25) is 10.0 Å². The summed E-state index contributed by atoms with van der Waals surface area (Å²) in [5.74, 6) is 1.39. The molecule has 8 heteroatoms. The number of nitrogens with zero attached hydrogens (tertiary/aromatic N) is 1. The number of hydrogen-bond donors (Lipinski definition) is 3. The van der Waals surface area contributed by atoms with Gasteiger partial charge in [-0.25, -0.2) is 0 Å². The molecule has 0 radical (unpaired) electrons. The molecule has 0 fully saturated rings. The van der Waals surface area contributed by atoms with Gasteiger partial charge in [-0.1, -0.05) is 23.2 Å². The van der Waals surface area contributed by atoms with Crippen LogP contribution in [0.25, 0.3) is 0 Å². The molecule has 1 amide bonds. The van der Waals surface area contributed by atoms with Crippen LogP contribution in [0, 0.1) is 0 Å². The van der Waals surface area contributed by atoms with Crippen molar-refractivity contribution in [3.8, 4) is 0 Å². The van der Waals surface area contributed by atoms with Crippen molar-refractivity contribution >= 4 is 35.1 Å². The van der Waals surface area contributed by atoms with E-state index >= 15 is 0 Å². The minimum atomic E-state index is -0.204. The zero-order chi connectivity index (χ0) is 18.8. The van der Waals surface area contributed by atoms with E-state index in [0.29, 0.717) is 41.2 Å². The van der Waals surface area contributed by atoms with Crippen LogP contribution in [-0.4, -0.2) is 38.0 Å². The van der Waals surface area contributed by atoms with Gasteiger partial charge < -0.3 is 20.4 Å². The molecule has 0 aliphatic heterocycles. The van der Waals surface area contributed by atoms with E-state index in [2.05, 4.69) is 20.9 Å². The lowest BCUT2D eigenvalue weighted by atomic mass is 10.2. The van der Waals surface area contributed by atoms with Crippen LogP contribution >= 0.6 is 23.2 Å². The Kier molecular flexibility index (Phi) is 8.31. The highest BCUT2D eigenvalue weighted by atomic mass is 35.5. The average molecular weight is 397 g/mol. The number of benzene rings is 1. The second-order valence-electron chi connectivity index (χ2n) is 5.40. The first kappa shape index (κ1) is 20.1. The van der Waals surface area contributed by atoms with Gasteiger partial charge in [-0.3, -0.25) is 9.79 Å². The van der Waals surface area contributed by atoms with E-state index < -0.39 is 0 Å². The highest BCUT2D eigenvalue weighted by molar-refractivity contribution is 6.42. The van der Waals surface area contributed by atoms with Crippen molar-refractivity contribution in [1.29, 1.82) is 0 Å². The maximum atomic E-state index is 12.1. The van der Waals surface area contributed by atoms with Gasteiger partial charge in [0, 0.05) is 38.2 Å². The summed E-state index contributed by atoms with van der Waals surface area (Å²) in [7, 11) is 0. The van der Waals surface area contributed by atoms with Crippen LogP contribution < -0.4 is 16.0 Å². The molecular weight excluding hydrogens is 375 g/mol. The Morgan fingerprint density at radius 2 is 1.92 bits per heavy atom. The quantitative estimate of drug-likeness (QED) is 0.363. The first-order valence-corrected chi connectivity index (χ1v) is 9.13. The molecule has 1 aromatic carbocycles. The second kappa shape index (κ2) is 10.7. The van der Waals surface area contributed by atoms with Crippen molar-refractivity contribution in [3.05, 3.63) is 58.0 Å². The third kappa shape index (κ3) is 6.61. The predicted molar refractivity (Wildman–Crippen MR) is 105 cm³/mol. The number of rotatable bonds is 8. The van der Waals surface area contributed by atoms with Crippen LogP contribution in [-0.2, 0) is 6.42 Å². The fourth-order valence-electron chi connectivity index (χ4n) is 2.17. The molecule has 2 rings (SSSR count). The van der Waals surface area contributed by atoms with Gasteiger partial charge in [0.1, 0.15) is 5.76 Å². The van der Waals surface area contributed by atoms with Crippen molar-refractivity contribution < 1.29 is 9.21 Å². The summed E-state index contributed by atoms with van der Waals surface area (Å²) >= 11 is 11.8. The summed E-state index contributed by atoms with van der Waals surface area (Å²) in [6, 6.07) is 8.57. The average Bonchev–Trinajstić information content (AvgIpc) is 3.14. The lowest BCUT2D eigenvalue weighted by Gasteiger charge is -2.12. The summed E-state index contributed by atoms with van der Waals surface area (Å²) in [6.07, 6.45) is 2.39. The van der Waals surface area contributed by atoms with Gasteiger partial charge in [0.2, 0.25) is 0 Å². The number of guanidine groups is 1. The maximum Gasteiger partial charge on any atom is 0.251 e. The molecule has 1 aromatic heterocycles. The minimum absolute atomic E-state index is 0.204. The minimum Gasteiger partial charge on any atom is -0.469 e. The summed E-state index contributed by atoms with van der Waals surface area (Å²) in [6.45, 7) is 4.35. The maximum absolute atomic E-state index is 12.1. The van der Waals surface area contributed by atoms with Gasteiger partial charge in [-0.15, -0.1) is 0 Å². The number of carbonyl (C=O) groups excluding carboxylic acids is 1. The van der Waals surface area contributed by atoms with E-state index in [1.165, 1.54) is 0 Å². The predicted octanol–water partition coefficient (Wildman–Crippen LogP) is 3.11. The van der Waals surface area contributed by atoms with Crippen molar-refractivity contribution in [1.82, 2.24) is 16.0 Å². The number of halogens is 2. The lowest BCUT2D eigenvalue weighted by Crippen LogP contribution is -2.41. The van der Waals surface area contributed by atoms with Crippen LogP contribution in [0.15, 0.2) is 46.0 Å². The Morgan fingerprint density at radius 1 is 1.12 bits per heavy atom. The van der Waals surface area contributed by atoms with Crippen molar-refractivity contribution in [2.45, 2.75) is 13.3 Å². The van der Waals surface area contributed by atoms with Gasteiger partial charge in [-0.2, -0.15) is 0 Å². The molecule has 1 heterocycles. The molecule has 0 saturated heterocycles. The first-order valence-electron chi connectivity index (χ1n) is 8.38.